The maximum atomic E-state index is 13.4. The third-order valence-corrected chi connectivity index (χ3v) is 7.23. The number of carbonyl (C=O) groups is 2. The fourth-order valence-corrected chi connectivity index (χ4v) is 5.46. The molecule has 2 amide bonds. The van der Waals surface area contributed by atoms with E-state index in [1.54, 1.807) is 16.7 Å². The Morgan fingerprint density at radius 2 is 1.77 bits per heavy atom. The van der Waals surface area contributed by atoms with Gasteiger partial charge in [-0.05, 0) is 13.0 Å². The van der Waals surface area contributed by atoms with Crippen LogP contribution < -0.4 is 0 Å². The molecule has 3 aromatic rings. The summed E-state index contributed by atoms with van der Waals surface area (Å²) < 4.78 is 6.89. The number of aromatic nitrogens is 2. The monoisotopic (exact) mass is 458 g/mol. The van der Waals surface area contributed by atoms with Crippen molar-refractivity contribution in [2.75, 3.05) is 26.2 Å². The number of piperazine rings is 1. The fourth-order valence-electron chi connectivity index (χ4n) is 3.62. The minimum atomic E-state index is -0.418. The number of furan rings is 1. The van der Waals surface area contributed by atoms with E-state index in [9.17, 15) is 9.59 Å². The zero-order valence-corrected chi connectivity index (χ0v) is 19.8. The van der Waals surface area contributed by atoms with Crippen molar-refractivity contribution >= 4 is 45.9 Å². The van der Waals surface area contributed by atoms with Crippen LogP contribution in [0.3, 0.4) is 0 Å². The lowest BCUT2D eigenvalue weighted by Crippen LogP contribution is -2.53. The second kappa shape index (κ2) is 8.63. The highest BCUT2D eigenvalue weighted by atomic mass is 32.2. The molecule has 0 bridgehead atoms. The molecule has 1 aliphatic rings. The fraction of sp³-hybridized carbons (Fsp3) is 0.455. The number of amides is 2. The standard InChI is InChI=1S/C22H26N4O3S2/c1-14-23-24-21(31-14)30-13-16-15-7-5-6-8-17(15)29-18(16)19(27)25-9-11-26(12-10-25)20(28)22(2,3)4/h5-8H,9-13H2,1-4H3. The predicted molar refractivity (Wildman–Crippen MR) is 122 cm³/mol. The van der Waals surface area contributed by atoms with Crippen LogP contribution in [-0.4, -0.2) is 58.0 Å². The maximum absolute atomic E-state index is 13.4. The predicted octanol–water partition coefficient (Wildman–Crippen LogP) is 4.22. The molecular formula is C22H26N4O3S2. The first kappa shape index (κ1) is 21.8. The number of nitrogens with zero attached hydrogens (tertiary/aromatic N) is 4. The molecule has 31 heavy (non-hydrogen) atoms. The Morgan fingerprint density at radius 1 is 1.10 bits per heavy atom. The molecule has 1 aliphatic heterocycles. The minimum absolute atomic E-state index is 0.118. The van der Waals surface area contributed by atoms with Crippen molar-refractivity contribution in [2.45, 2.75) is 37.8 Å². The summed E-state index contributed by atoms with van der Waals surface area (Å²) in [6.07, 6.45) is 0. The van der Waals surface area contributed by atoms with Crippen LogP contribution in [0, 0.1) is 12.3 Å². The summed E-state index contributed by atoms with van der Waals surface area (Å²) in [5.74, 6) is 0.955. The van der Waals surface area contributed by atoms with Crippen LogP contribution in [0.15, 0.2) is 33.0 Å². The van der Waals surface area contributed by atoms with Crippen molar-refractivity contribution in [1.82, 2.24) is 20.0 Å². The van der Waals surface area contributed by atoms with Crippen LogP contribution in [0.2, 0.25) is 0 Å². The lowest BCUT2D eigenvalue weighted by molar-refractivity contribution is -0.140. The summed E-state index contributed by atoms with van der Waals surface area (Å²) in [6, 6.07) is 7.72. The minimum Gasteiger partial charge on any atom is -0.451 e. The van der Waals surface area contributed by atoms with Gasteiger partial charge in [0.1, 0.15) is 10.6 Å². The Morgan fingerprint density at radius 3 is 2.42 bits per heavy atom. The number of benzene rings is 1. The highest BCUT2D eigenvalue weighted by Crippen LogP contribution is 2.34. The van der Waals surface area contributed by atoms with E-state index in [0.717, 1.165) is 20.3 Å². The van der Waals surface area contributed by atoms with Crippen molar-refractivity contribution in [3.8, 4) is 0 Å². The van der Waals surface area contributed by atoms with Crippen molar-refractivity contribution in [1.29, 1.82) is 0 Å². The van der Waals surface area contributed by atoms with Crippen molar-refractivity contribution in [3.05, 3.63) is 40.6 Å². The van der Waals surface area contributed by atoms with Gasteiger partial charge in [-0.2, -0.15) is 0 Å². The van der Waals surface area contributed by atoms with Crippen molar-refractivity contribution in [3.63, 3.8) is 0 Å². The molecule has 164 valence electrons. The second-order valence-electron chi connectivity index (χ2n) is 8.62. The van der Waals surface area contributed by atoms with Gasteiger partial charge >= 0.3 is 0 Å². The molecule has 7 nitrogen and oxygen atoms in total. The Balaban J connectivity index is 1.53. The average Bonchev–Trinajstić information content (AvgIpc) is 3.33. The SMILES string of the molecule is Cc1nnc(SCc2c(C(=O)N3CCN(C(=O)C(C)(C)C)CC3)oc3ccccc23)s1. The Hall–Kier alpha value is -2.39. The van der Waals surface area contributed by atoms with Gasteiger partial charge in [0.05, 0.1) is 0 Å². The van der Waals surface area contributed by atoms with E-state index in [1.807, 2.05) is 56.9 Å². The second-order valence-corrected chi connectivity index (χ2v) is 11.0. The molecule has 1 saturated heterocycles. The van der Waals surface area contributed by atoms with Gasteiger partial charge in [-0.3, -0.25) is 9.59 Å². The van der Waals surface area contributed by atoms with Crippen LogP contribution in [0.25, 0.3) is 11.0 Å². The number of hydrogen-bond acceptors (Lipinski definition) is 7. The molecule has 1 aromatic carbocycles. The van der Waals surface area contributed by atoms with E-state index < -0.39 is 5.41 Å². The van der Waals surface area contributed by atoms with Gasteiger partial charge in [0.15, 0.2) is 10.1 Å². The quantitative estimate of drug-likeness (QED) is 0.545. The van der Waals surface area contributed by atoms with E-state index in [1.165, 1.54) is 11.3 Å². The molecule has 4 rings (SSSR count). The first-order valence-corrected chi connectivity index (χ1v) is 12.1. The number of aryl methyl sites for hydroxylation is 1. The first-order valence-electron chi connectivity index (χ1n) is 10.3. The molecule has 0 saturated carbocycles. The van der Waals surface area contributed by atoms with Gasteiger partial charge < -0.3 is 14.2 Å². The van der Waals surface area contributed by atoms with Gasteiger partial charge in [-0.15, -0.1) is 10.2 Å². The lowest BCUT2D eigenvalue weighted by atomic mass is 9.94. The van der Waals surface area contributed by atoms with Crippen molar-refractivity contribution < 1.29 is 14.0 Å². The summed E-state index contributed by atoms with van der Waals surface area (Å²) in [6.45, 7) is 9.76. The molecule has 0 atom stereocenters. The van der Waals surface area contributed by atoms with Crippen LogP contribution in [-0.2, 0) is 10.5 Å². The first-order chi connectivity index (χ1) is 14.7. The number of thioether (sulfide) groups is 1. The van der Waals surface area contributed by atoms with Gasteiger partial charge in [0.25, 0.3) is 5.91 Å². The van der Waals surface area contributed by atoms with Crippen LogP contribution >= 0.6 is 23.1 Å². The topological polar surface area (TPSA) is 79.5 Å². The molecule has 9 heteroatoms. The maximum Gasteiger partial charge on any atom is 0.290 e. The summed E-state index contributed by atoms with van der Waals surface area (Å²) in [4.78, 5) is 29.6. The Bertz CT molecular complexity index is 1110. The molecule has 0 aliphatic carbocycles. The van der Waals surface area contributed by atoms with Crippen LogP contribution in [0.5, 0.6) is 0 Å². The number of hydrogen-bond donors (Lipinski definition) is 0. The van der Waals surface area contributed by atoms with Crippen LogP contribution in [0.1, 0.15) is 41.9 Å². The van der Waals surface area contributed by atoms with E-state index in [4.69, 9.17) is 4.42 Å². The molecule has 0 unspecified atom stereocenters. The van der Waals surface area contributed by atoms with Gasteiger partial charge in [0, 0.05) is 48.3 Å². The lowest BCUT2D eigenvalue weighted by Gasteiger charge is -2.37. The zero-order valence-electron chi connectivity index (χ0n) is 18.2. The molecule has 0 spiro atoms. The largest absolute Gasteiger partial charge is 0.451 e. The molecule has 0 N–H and O–H groups in total. The average molecular weight is 459 g/mol. The third kappa shape index (κ3) is 4.62. The summed E-state index contributed by atoms with van der Waals surface area (Å²) in [5.41, 5.74) is 1.17. The number of para-hydroxylation sites is 1. The van der Waals surface area contributed by atoms with Gasteiger partial charge in [-0.1, -0.05) is 62.1 Å². The summed E-state index contributed by atoms with van der Waals surface area (Å²) in [7, 11) is 0. The summed E-state index contributed by atoms with van der Waals surface area (Å²) >= 11 is 3.10. The third-order valence-electron chi connectivity index (χ3n) is 5.24. The smallest absolute Gasteiger partial charge is 0.290 e. The Labute approximate surface area is 189 Å². The number of carbonyl (C=O) groups excluding carboxylic acids is 2. The number of fused-ring (bicyclic) bond motifs is 1. The molecule has 3 heterocycles. The van der Waals surface area contributed by atoms with Crippen LogP contribution in [0.4, 0.5) is 0 Å². The van der Waals surface area contributed by atoms with E-state index in [2.05, 4.69) is 10.2 Å². The molecule has 2 aromatic heterocycles. The van der Waals surface area contributed by atoms with E-state index in [-0.39, 0.29) is 11.8 Å². The normalized spacial score (nSPS) is 15.0. The zero-order chi connectivity index (χ0) is 22.2. The molecular weight excluding hydrogens is 432 g/mol. The van der Waals surface area contributed by atoms with E-state index >= 15 is 0 Å². The van der Waals surface area contributed by atoms with Gasteiger partial charge in [-0.25, -0.2) is 0 Å². The highest BCUT2D eigenvalue weighted by Gasteiger charge is 2.33. The van der Waals surface area contributed by atoms with Crippen molar-refractivity contribution in [2.24, 2.45) is 5.41 Å². The summed E-state index contributed by atoms with van der Waals surface area (Å²) in [5, 5.41) is 10.1. The highest BCUT2D eigenvalue weighted by molar-refractivity contribution is 8.00. The van der Waals surface area contributed by atoms with E-state index in [0.29, 0.717) is 43.3 Å². The van der Waals surface area contributed by atoms with Gasteiger partial charge in [0.2, 0.25) is 5.91 Å². The molecule has 1 fully saturated rings. The number of rotatable bonds is 4. The molecule has 0 radical (unpaired) electrons. The Kier molecular flexibility index (Phi) is 6.07.